The van der Waals surface area contributed by atoms with E-state index in [2.05, 4.69) is 27.9 Å². The summed E-state index contributed by atoms with van der Waals surface area (Å²) < 4.78 is 1.08. The smallest absolute Gasteiger partial charge is 0.115 e. The van der Waals surface area contributed by atoms with Gasteiger partial charge in [0.05, 0.1) is 0 Å². The largest absolute Gasteiger partial charge is 0.508 e. The van der Waals surface area contributed by atoms with Gasteiger partial charge < -0.3 is 5.11 Å². The Morgan fingerprint density at radius 1 is 1.22 bits per heavy atom. The molecule has 100 valence electrons. The van der Waals surface area contributed by atoms with Gasteiger partial charge in [0, 0.05) is 17.1 Å². The minimum absolute atomic E-state index is 0.350. The molecular weight excluding hydrogens is 290 g/mol. The van der Waals surface area contributed by atoms with Crippen molar-refractivity contribution in [1.29, 1.82) is 0 Å². The van der Waals surface area contributed by atoms with Crippen molar-refractivity contribution in [2.24, 2.45) is 0 Å². The number of aromatic hydroxyl groups is 1. The second kappa shape index (κ2) is 6.58. The molecule has 1 aromatic rings. The maximum absolute atomic E-state index is 9.57. The van der Waals surface area contributed by atoms with Gasteiger partial charge in [0.1, 0.15) is 5.75 Å². The molecule has 2 nitrogen and oxygen atoms in total. The predicted molar refractivity (Wildman–Crippen MR) is 78.8 cm³/mol. The Bertz CT molecular complexity index is 386. The van der Waals surface area contributed by atoms with Crippen LogP contribution in [0.15, 0.2) is 22.7 Å². The van der Waals surface area contributed by atoms with Crippen molar-refractivity contribution in [3.05, 3.63) is 28.2 Å². The number of hydrogen-bond acceptors (Lipinski definition) is 2. The van der Waals surface area contributed by atoms with E-state index in [9.17, 15) is 5.11 Å². The molecule has 0 spiro atoms. The van der Waals surface area contributed by atoms with Crippen LogP contribution in [-0.2, 0) is 6.54 Å². The van der Waals surface area contributed by atoms with E-state index >= 15 is 0 Å². The average Bonchev–Trinajstić information content (AvgIpc) is 2.62. The van der Waals surface area contributed by atoms with Crippen LogP contribution in [0.4, 0.5) is 0 Å². The van der Waals surface area contributed by atoms with E-state index in [4.69, 9.17) is 0 Å². The molecule has 1 aromatic carbocycles. The van der Waals surface area contributed by atoms with E-state index in [-0.39, 0.29) is 0 Å². The first-order valence-corrected chi connectivity index (χ1v) is 7.64. The fourth-order valence-electron chi connectivity index (χ4n) is 2.78. The van der Waals surface area contributed by atoms with Crippen molar-refractivity contribution < 1.29 is 5.11 Å². The van der Waals surface area contributed by atoms with Gasteiger partial charge in [-0.15, -0.1) is 0 Å². The van der Waals surface area contributed by atoms with Crippen LogP contribution in [0.5, 0.6) is 5.75 Å². The number of halogens is 1. The molecule has 2 rings (SSSR count). The zero-order chi connectivity index (χ0) is 13.0. The molecule has 1 aliphatic carbocycles. The summed E-state index contributed by atoms with van der Waals surface area (Å²) in [6.45, 7) is 0.902. The molecule has 3 heteroatoms. The molecular formula is C15H22BrNO. The second-order valence-electron chi connectivity index (χ2n) is 5.34. The van der Waals surface area contributed by atoms with Crippen molar-refractivity contribution in [1.82, 2.24) is 4.90 Å². The fraction of sp³-hybridized carbons (Fsp3) is 0.600. The molecule has 0 amide bonds. The summed E-state index contributed by atoms with van der Waals surface area (Å²) in [4.78, 5) is 2.44. The van der Waals surface area contributed by atoms with Crippen molar-refractivity contribution in [3.63, 3.8) is 0 Å². The summed E-state index contributed by atoms with van der Waals surface area (Å²) in [6, 6.07) is 6.20. The normalized spacial score (nSPS) is 17.9. The van der Waals surface area contributed by atoms with Gasteiger partial charge in [-0.1, -0.05) is 41.6 Å². The summed E-state index contributed by atoms with van der Waals surface area (Å²) >= 11 is 3.56. The fourth-order valence-corrected chi connectivity index (χ4v) is 3.15. The Balaban J connectivity index is 2.00. The molecule has 1 saturated carbocycles. The first-order valence-electron chi connectivity index (χ1n) is 6.84. The third kappa shape index (κ3) is 3.72. The maximum Gasteiger partial charge on any atom is 0.115 e. The van der Waals surface area contributed by atoms with E-state index < -0.39 is 0 Å². The summed E-state index contributed by atoms with van der Waals surface area (Å²) in [5, 5.41) is 9.57. The second-order valence-corrected chi connectivity index (χ2v) is 6.19. The highest BCUT2D eigenvalue weighted by atomic mass is 79.9. The molecule has 1 aliphatic rings. The molecule has 0 saturated heterocycles. The van der Waals surface area contributed by atoms with Gasteiger partial charge in [0.2, 0.25) is 0 Å². The third-order valence-electron chi connectivity index (χ3n) is 3.90. The number of benzene rings is 1. The maximum atomic E-state index is 9.57. The van der Waals surface area contributed by atoms with Crippen LogP contribution in [0.1, 0.15) is 44.1 Å². The summed E-state index contributed by atoms with van der Waals surface area (Å²) in [6.07, 6.45) is 8.12. The Hall–Kier alpha value is -0.540. The van der Waals surface area contributed by atoms with Crippen molar-refractivity contribution in [2.45, 2.75) is 51.1 Å². The van der Waals surface area contributed by atoms with Gasteiger partial charge in [0.15, 0.2) is 0 Å². The molecule has 0 bridgehead atoms. The quantitative estimate of drug-likeness (QED) is 0.841. The lowest BCUT2D eigenvalue weighted by molar-refractivity contribution is 0.212. The lowest BCUT2D eigenvalue weighted by atomic mass is 10.1. The van der Waals surface area contributed by atoms with Gasteiger partial charge in [-0.3, -0.25) is 4.90 Å². The molecule has 1 fully saturated rings. The highest BCUT2D eigenvalue weighted by molar-refractivity contribution is 9.10. The summed E-state index contributed by atoms with van der Waals surface area (Å²) in [5.41, 5.74) is 1.17. The Morgan fingerprint density at radius 3 is 2.56 bits per heavy atom. The van der Waals surface area contributed by atoms with Crippen molar-refractivity contribution >= 4 is 15.9 Å². The average molecular weight is 312 g/mol. The molecule has 0 radical (unpaired) electrons. The van der Waals surface area contributed by atoms with Crippen LogP contribution in [-0.4, -0.2) is 23.1 Å². The molecule has 1 N–H and O–H groups in total. The minimum Gasteiger partial charge on any atom is -0.508 e. The van der Waals surface area contributed by atoms with E-state index in [0.717, 1.165) is 11.0 Å². The van der Waals surface area contributed by atoms with Crippen LogP contribution in [0.3, 0.4) is 0 Å². The van der Waals surface area contributed by atoms with Gasteiger partial charge in [-0.05, 0) is 43.7 Å². The van der Waals surface area contributed by atoms with E-state index in [1.807, 2.05) is 12.1 Å². The van der Waals surface area contributed by atoms with E-state index in [1.54, 1.807) is 6.07 Å². The zero-order valence-electron chi connectivity index (χ0n) is 11.0. The van der Waals surface area contributed by atoms with Crippen LogP contribution in [0, 0.1) is 0 Å². The van der Waals surface area contributed by atoms with Crippen LogP contribution >= 0.6 is 15.9 Å². The van der Waals surface area contributed by atoms with Crippen LogP contribution in [0.2, 0.25) is 0 Å². The molecule has 18 heavy (non-hydrogen) atoms. The number of rotatable bonds is 3. The lowest BCUT2D eigenvalue weighted by Crippen LogP contribution is -2.30. The highest BCUT2D eigenvalue weighted by Gasteiger charge is 2.17. The first kappa shape index (κ1) is 13.9. The zero-order valence-corrected chi connectivity index (χ0v) is 12.6. The summed E-state index contributed by atoms with van der Waals surface area (Å²) in [5.74, 6) is 0.350. The van der Waals surface area contributed by atoms with Crippen molar-refractivity contribution in [2.75, 3.05) is 7.05 Å². The Morgan fingerprint density at radius 2 is 1.89 bits per heavy atom. The summed E-state index contributed by atoms with van der Waals surface area (Å²) in [7, 11) is 2.20. The standard InChI is InChI=1S/C15H22BrNO/c1-17(13-6-4-2-3-5-7-13)11-12-10-14(18)8-9-15(12)16/h8-10,13,18H,2-7,11H2,1H3. The van der Waals surface area contributed by atoms with Gasteiger partial charge >= 0.3 is 0 Å². The number of hydrogen-bond donors (Lipinski definition) is 1. The highest BCUT2D eigenvalue weighted by Crippen LogP contribution is 2.26. The van der Waals surface area contributed by atoms with Gasteiger partial charge in [-0.25, -0.2) is 0 Å². The minimum atomic E-state index is 0.350. The predicted octanol–water partition coefficient (Wildman–Crippen LogP) is 4.31. The van der Waals surface area contributed by atoms with Crippen LogP contribution in [0.25, 0.3) is 0 Å². The van der Waals surface area contributed by atoms with Gasteiger partial charge in [0.25, 0.3) is 0 Å². The van der Waals surface area contributed by atoms with Gasteiger partial charge in [-0.2, -0.15) is 0 Å². The molecule has 0 atom stereocenters. The third-order valence-corrected chi connectivity index (χ3v) is 4.67. The number of phenols is 1. The Kier molecular flexibility index (Phi) is 5.07. The Labute approximate surface area is 118 Å². The van der Waals surface area contributed by atoms with Crippen molar-refractivity contribution in [3.8, 4) is 5.75 Å². The van der Waals surface area contributed by atoms with E-state index in [0.29, 0.717) is 11.8 Å². The number of phenolic OH excluding ortho intramolecular Hbond substituents is 1. The monoisotopic (exact) mass is 311 g/mol. The molecule has 0 unspecified atom stereocenters. The SMILES string of the molecule is CN(Cc1cc(O)ccc1Br)C1CCCCCC1. The lowest BCUT2D eigenvalue weighted by Gasteiger charge is -2.27. The topological polar surface area (TPSA) is 23.5 Å². The molecule has 0 aromatic heterocycles. The molecule has 0 heterocycles. The number of nitrogens with zero attached hydrogens (tertiary/aromatic N) is 1. The molecule has 0 aliphatic heterocycles. The first-order chi connectivity index (χ1) is 8.66. The van der Waals surface area contributed by atoms with Crippen LogP contribution < -0.4 is 0 Å². The van der Waals surface area contributed by atoms with E-state index in [1.165, 1.54) is 44.1 Å².